The van der Waals surface area contributed by atoms with Crippen LogP contribution in [0, 0.1) is 0 Å². The summed E-state index contributed by atoms with van der Waals surface area (Å²) in [5.74, 6) is 0.705. The zero-order valence-electron chi connectivity index (χ0n) is 14.3. The molecule has 1 amide bonds. The number of carbonyl (C=O) groups is 1. The lowest BCUT2D eigenvalue weighted by molar-refractivity contribution is -0.118. The van der Waals surface area contributed by atoms with E-state index in [1.54, 1.807) is 23.3 Å². The van der Waals surface area contributed by atoms with Crippen LogP contribution in [-0.4, -0.2) is 26.5 Å². The number of hydrogen-bond donors (Lipinski definition) is 1. The Hall–Kier alpha value is -2.67. The average molecular weight is 356 g/mol. The highest BCUT2D eigenvalue weighted by Crippen LogP contribution is 2.27. The number of nitrogens with one attached hydrogen (secondary N) is 1. The second-order valence-corrected chi connectivity index (χ2v) is 6.76. The number of aromatic nitrogens is 3. The fourth-order valence-corrected chi connectivity index (χ4v) is 3.01. The van der Waals surface area contributed by atoms with E-state index < -0.39 is 0 Å². The quantitative estimate of drug-likeness (QED) is 0.725. The zero-order chi connectivity index (χ0) is 17.8. The number of benzene rings is 1. The van der Waals surface area contributed by atoms with Crippen LogP contribution in [0.3, 0.4) is 0 Å². The minimum absolute atomic E-state index is 0.125. The normalized spacial score (nSPS) is 12.2. The Morgan fingerprint density at radius 2 is 2.00 bits per heavy atom. The molecule has 0 fully saturated rings. The van der Waals surface area contributed by atoms with Gasteiger partial charge in [0, 0.05) is 23.3 Å². The van der Waals surface area contributed by atoms with Gasteiger partial charge in [0.05, 0.1) is 18.1 Å². The van der Waals surface area contributed by atoms with E-state index in [1.165, 1.54) is 11.3 Å². The molecule has 25 heavy (non-hydrogen) atoms. The molecule has 6 nitrogen and oxygen atoms in total. The Kier molecular flexibility index (Phi) is 5.14. The fraction of sp³-hybridized carbons (Fsp3) is 0.278. The molecule has 3 rings (SSSR count). The molecule has 0 bridgehead atoms. The molecule has 0 saturated heterocycles. The molecule has 1 aromatic carbocycles. The first-order valence-electron chi connectivity index (χ1n) is 8.04. The van der Waals surface area contributed by atoms with Crippen molar-refractivity contribution in [2.24, 2.45) is 0 Å². The van der Waals surface area contributed by atoms with Gasteiger partial charge in [0.1, 0.15) is 11.8 Å². The highest BCUT2D eigenvalue weighted by molar-refractivity contribution is 7.14. The maximum atomic E-state index is 12.3. The van der Waals surface area contributed by atoms with E-state index >= 15 is 0 Å². The van der Waals surface area contributed by atoms with Crippen LogP contribution < -0.4 is 10.1 Å². The number of carbonyl (C=O) groups excluding carboxylic acids is 1. The highest BCUT2D eigenvalue weighted by atomic mass is 32.1. The fourth-order valence-electron chi connectivity index (χ4n) is 2.28. The molecular weight excluding hydrogens is 336 g/mol. The predicted molar refractivity (Wildman–Crippen MR) is 98.9 cm³/mol. The van der Waals surface area contributed by atoms with Crippen molar-refractivity contribution in [1.82, 2.24) is 14.5 Å². The third-order valence-corrected chi connectivity index (χ3v) is 4.37. The largest absolute Gasteiger partial charge is 0.491 e. The number of ether oxygens (including phenoxy) is 1. The molecule has 1 N–H and O–H groups in total. The Balaban J connectivity index is 1.67. The van der Waals surface area contributed by atoms with E-state index in [-0.39, 0.29) is 18.1 Å². The number of thiazole rings is 1. The molecular formula is C18H20N4O2S. The summed E-state index contributed by atoms with van der Waals surface area (Å²) in [6, 6.07) is 7.43. The Morgan fingerprint density at radius 1 is 1.24 bits per heavy atom. The van der Waals surface area contributed by atoms with Gasteiger partial charge < -0.3 is 14.6 Å². The third kappa shape index (κ3) is 4.24. The molecule has 3 aromatic rings. The number of nitrogens with zero attached hydrogens (tertiary/aromatic N) is 3. The maximum Gasteiger partial charge on any atom is 0.248 e. The first kappa shape index (κ1) is 17.2. The molecule has 0 aliphatic heterocycles. The van der Waals surface area contributed by atoms with Crippen molar-refractivity contribution in [2.75, 3.05) is 5.32 Å². The van der Waals surface area contributed by atoms with Crippen LogP contribution in [0.15, 0.2) is 48.4 Å². The summed E-state index contributed by atoms with van der Waals surface area (Å²) in [6.07, 6.45) is 5.18. The maximum absolute atomic E-state index is 12.3. The molecule has 0 spiro atoms. The van der Waals surface area contributed by atoms with E-state index in [0.29, 0.717) is 5.13 Å². The van der Waals surface area contributed by atoms with Gasteiger partial charge in [-0.3, -0.25) is 4.79 Å². The van der Waals surface area contributed by atoms with Crippen LogP contribution >= 0.6 is 11.3 Å². The smallest absolute Gasteiger partial charge is 0.248 e. The molecule has 1 unspecified atom stereocenters. The van der Waals surface area contributed by atoms with Crippen molar-refractivity contribution >= 4 is 22.4 Å². The molecule has 7 heteroatoms. The monoisotopic (exact) mass is 356 g/mol. The lowest BCUT2D eigenvalue weighted by atomic mass is 10.2. The molecule has 1 atom stereocenters. The summed E-state index contributed by atoms with van der Waals surface area (Å²) < 4.78 is 7.39. The van der Waals surface area contributed by atoms with Gasteiger partial charge in [0.15, 0.2) is 5.13 Å². The van der Waals surface area contributed by atoms with Crippen LogP contribution in [0.4, 0.5) is 5.13 Å². The van der Waals surface area contributed by atoms with Crippen molar-refractivity contribution in [3.05, 3.63) is 48.4 Å². The van der Waals surface area contributed by atoms with Crippen LogP contribution in [0.1, 0.15) is 26.8 Å². The molecule has 0 saturated carbocycles. The van der Waals surface area contributed by atoms with Crippen LogP contribution in [0.5, 0.6) is 5.75 Å². The van der Waals surface area contributed by atoms with Crippen LogP contribution in [-0.2, 0) is 4.79 Å². The summed E-state index contributed by atoms with van der Waals surface area (Å²) in [4.78, 5) is 20.8. The first-order valence-corrected chi connectivity index (χ1v) is 8.92. The summed E-state index contributed by atoms with van der Waals surface area (Å²) >= 11 is 1.40. The first-order chi connectivity index (χ1) is 12.0. The molecule has 0 aliphatic rings. The lowest BCUT2D eigenvalue weighted by Crippen LogP contribution is -2.22. The van der Waals surface area contributed by atoms with Crippen LogP contribution in [0.25, 0.3) is 11.3 Å². The topological polar surface area (TPSA) is 69.0 Å². The van der Waals surface area contributed by atoms with Crippen molar-refractivity contribution in [3.63, 3.8) is 0 Å². The molecule has 0 radical (unpaired) electrons. The SMILES string of the molecule is CC(C)Oc1ccc(-c2csc(NC(=O)C(C)n3ccnc3)n2)cc1. The summed E-state index contributed by atoms with van der Waals surface area (Å²) in [7, 11) is 0. The van der Waals surface area contributed by atoms with Gasteiger partial charge in [0.25, 0.3) is 0 Å². The highest BCUT2D eigenvalue weighted by Gasteiger charge is 2.16. The van der Waals surface area contributed by atoms with E-state index in [4.69, 9.17) is 4.74 Å². The minimum atomic E-state index is -0.345. The van der Waals surface area contributed by atoms with E-state index in [0.717, 1.165) is 17.0 Å². The lowest BCUT2D eigenvalue weighted by Gasteiger charge is -2.11. The second-order valence-electron chi connectivity index (χ2n) is 5.90. The van der Waals surface area contributed by atoms with Crippen LogP contribution in [0.2, 0.25) is 0 Å². The van der Waals surface area contributed by atoms with Gasteiger partial charge in [-0.15, -0.1) is 11.3 Å². The Morgan fingerprint density at radius 3 is 2.64 bits per heavy atom. The number of imidazole rings is 1. The average Bonchev–Trinajstić information content (AvgIpc) is 3.26. The van der Waals surface area contributed by atoms with Gasteiger partial charge in [-0.05, 0) is 45.0 Å². The Bertz CT molecular complexity index is 825. The van der Waals surface area contributed by atoms with Gasteiger partial charge in [-0.25, -0.2) is 9.97 Å². The molecule has 2 heterocycles. The van der Waals surface area contributed by atoms with Crippen molar-refractivity contribution in [1.29, 1.82) is 0 Å². The van der Waals surface area contributed by atoms with Crippen molar-refractivity contribution in [2.45, 2.75) is 32.9 Å². The molecule has 130 valence electrons. The number of rotatable bonds is 6. The number of hydrogen-bond acceptors (Lipinski definition) is 5. The number of anilines is 1. The molecule has 2 aromatic heterocycles. The van der Waals surface area contributed by atoms with Gasteiger partial charge >= 0.3 is 0 Å². The number of amides is 1. The van der Waals surface area contributed by atoms with E-state index in [9.17, 15) is 4.79 Å². The standard InChI is InChI=1S/C18H20N4O2S/c1-12(2)24-15-6-4-14(5-7-15)16-10-25-18(20-16)21-17(23)13(3)22-9-8-19-11-22/h4-13H,1-3H3,(H,20,21,23). The van der Waals surface area contributed by atoms with Crippen molar-refractivity contribution < 1.29 is 9.53 Å². The summed E-state index contributed by atoms with van der Waals surface area (Å²) in [6.45, 7) is 5.81. The Labute approximate surface area is 150 Å². The predicted octanol–water partition coefficient (Wildman–Crippen LogP) is 3.99. The minimum Gasteiger partial charge on any atom is -0.491 e. The van der Waals surface area contributed by atoms with Gasteiger partial charge in [0.2, 0.25) is 5.91 Å². The second kappa shape index (κ2) is 7.48. The summed E-state index contributed by atoms with van der Waals surface area (Å²) in [5, 5.41) is 5.36. The van der Waals surface area contributed by atoms with E-state index in [2.05, 4.69) is 15.3 Å². The third-order valence-electron chi connectivity index (χ3n) is 3.61. The summed E-state index contributed by atoms with van der Waals surface area (Å²) in [5.41, 5.74) is 1.81. The van der Waals surface area contributed by atoms with Crippen molar-refractivity contribution in [3.8, 4) is 17.0 Å². The molecule has 0 aliphatic carbocycles. The van der Waals surface area contributed by atoms with E-state index in [1.807, 2.05) is 50.4 Å². The van der Waals surface area contributed by atoms with Gasteiger partial charge in [-0.2, -0.15) is 0 Å². The van der Waals surface area contributed by atoms with Gasteiger partial charge in [-0.1, -0.05) is 0 Å². The zero-order valence-corrected chi connectivity index (χ0v) is 15.2.